The van der Waals surface area contributed by atoms with E-state index in [1.54, 1.807) is 6.26 Å². The normalized spacial score (nSPS) is 16.5. The van der Waals surface area contributed by atoms with Gasteiger partial charge in [0, 0.05) is 36.1 Å². The molecular formula is C24H27N3O4. The molecule has 2 heterocycles. The fourth-order valence-corrected chi connectivity index (χ4v) is 4.25. The van der Waals surface area contributed by atoms with Gasteiger partial charge < -0.3 is 15.1 Å². The second-order valence-electron chi connectivity index (χ2n) is 7.98. The third kappa shape index (κ3) is 4.71. The highest BCUT2D eigenvalue weighted by Crippen LogP contribution is 2.37. The van der Waals surface area contributed by atoms with Crippen molar-refractivity contribution < 1.29 is 18.8 Å². The zero-order valence-electron chi connectivity index (χ0n) is 17.4. The Bertz CT molecular complexity index is 1100. The van der Waals surface area contributed by atoms with E-state index in [1.807, 2.05) is 12.1 Å². The second-order valence-corrected chi connectivity index (χ2v) is 7.98. The van der Waals surface area contributed by atoms with Gasteiger partial charge in [0.1, 0.15) is 5.58 Å². The molecule has 1 aliphatic rings. The molecule has 7 nitrogen and oxygen atoms in total. The average Bonchev–Trinajstić information content (AvgIpc) is 3.20. The van der Waals surface area contributed by atoms with Gasteiger partial charge in [-0.15, -0.1) is 0 Å². The van der Waals surface area contributed by atoms with Crippen molar-refractivity contribution in [2.45, 2.75) is 44.4 Å². The van der Waals surface area contributed by atoms with Crippen molar-refractivity contribution in [2.75, 3.05) is 18.4 Å². The van der Waals surface area contributed by atoms with E-state index in [-0.39, 0.29) is 17.7 Å². The van der Waals surface area contributed by atoms with Gasteiger partial charge in [0.05, 0.1) is 12.2 Å². The number of unbranched alkanes of at least 4 members (excludes halogenated alkanes) is 3. The van der Waals surface area contributed by atoms with Crippen LogP contribution in [0.5, 0.6) is 0 Å². The van der Waals surface area contributed by atoms with E-state index in [2.05, 4.69) is 34.1 Å². The van der Waals surface area contributed by atoms with E-state index in [0.29, 0.717) is 12.8 Å². The lowest BCUT2D eigenvalue weighted by Crippen LogP contribution is -2.39. The Morgan fingerprint density at radius 3 is 2.71 bits per heavy atom. The van der Waals surface area contributed by atoms with Gasteiger partial charge in [-0.3, -0.25) is 19.7 Å². The Morgan fingerprint density at radius 2 is 1.90 bits per heavy atom. The molecule has 1 saturated heterocycles. The maximum atomic E-state index is 12.4. The maximum Gasteiger partial charge on any atom is 0.234 e. The number of rotatable bonds is 10. The van der Waals surface area contributed by atoms with Crippen molar-refractivity contribution in [3.63, 3.8) is 0 Å². The van der Waals surface area contributed by atoms with Crippen molar-refractivity contribution in [3.8, 4) is 0 Å². The summed E-state index contributed by atoms with van der Waals surface area (Å²) in [4.78, 5) is 34.1. The molecule has 0 bridgehead atoms. The average molecular weight is 421 g/mol. The number of carbonyl (C=O) groups is 3. The summed E-state index contributed by atoms with van der Waals surface area (Å²) in [6.07, 6.45) is 7.53. The van der Waals surface area contributed by atoms with Gasteiger partial charge in [-0.1, -0.05) is 25.0 Å². The highest BCUT2D eigenvalue weighted by molar-refractivity contribution is 6.11. The van der Waals surface area contributed by atoms with Gasteiger partial charge in [-0.25, -0.2) is 0 Å². The molecule has 3 amide bonds. The standard InChI is InChI=1S/C24H27N3O4/c28-15-25-11-3-1-2-4-12-26-17-6-7-18-16(13-17)5-9-21-23(18)20(14-31-21)19-8-10-22(29)27-24(19)30/h5-7,9,13-15,19,26H,1-4,8,10-12H2,(H,25,28)(H,27,29,30). The number of carbonyl (C=O) groups excluding carboxylic acids is 3. The summed E-state index contributed by atoms with van der Waals surface area (Å²) in [5.41, 5.74) is 2.65. The molecule has 31 heavy (non-hydrogen) atoms. The lowest BCUT2D eigenvalue weighted by molar-refractivity contribution is -0.134. The minimum atomic E-state index is -0.371. The number of amides is 3. The number of anilines is 1. The zero-order valence-corrected chi connectivity index (χ0v) is 17.4. The summed E-state index contributed by atoms with van der Waals surface area (Å²) in [6.45, 7) is 1.63. The maximum absolute atomic E-state index is 12.4. The molecule has 1 fully saturated rings. The molecule has 162 valence electrons. The van der Waals surface area contributed by atoms with Crippen LogP contribution in [0, 0.1) is 0 Å². The SMILES string of the molecule is O=CNCCCCCCNc1ccc2c(ccc3occ(C4CCC(=O)NC4=O)c32)c1. The fourth-order valence-electron chi connectivity index (χ4n) is 4.25. The number of piperidine rings is 1. The predicted molar refractivity (Wildman–Crippen MR) is 120 cm³/mol. The van der Waals surface area contributed by atoms with E-state index < -0.39 is 0 Å². The third-order valence-corrected chi connectivity index (χ3v) is 5.86. The first-order valence-corrected chi connectivity index (χ1v) is 10.9. The first-order valence-electron chi connectivity index (χ1n) is 10.9. The van der Waals surface area contributed by atoms with Crippen LogP contribution in [0.3, 0.4) is 0 Å². The minimum absolute atomic E-state index is 0.216. The molecule has 1 aromatic heterocycles. The highest BCUT2D eigenvalue weighted by Gasteiger charge is 2.30. The molecule has 0 radical (unpaired) electrons. The van der Waals surface area contributed by atoms with Gasteiger partial charge in [-0.2, -0.15) is 0 Å². The van der Waals surface area contributed by atoms with Crippen LogP contribution in [-0.4, -0.2) is 31.3 Å². The number of imide groups is 1. The first kappa shape index (κ1) is 20.9. The van der Waals surface area contributed by atoms with Crippen LogP contribution in [0.25, 0.3) is 21.7 Å². The summed E-state index contributed by atoms with van der Waals surface area (Å²) in [5, 5.41) is 11.7. The summed E-state index contributed by atoms with van der Waals surface area (Å²) in [6, 6.07) is 10.2. The van der Waals surface area contributed by atoms with Gasteiger partial charge in [0.2, 0.25) is 18.2 Å². The number of furan rings is 1. The summed E-state index contributed by atoms with van der Waals surface area (Å²) in [5.74, 6) is -0.840. The summed E-state index contributed by atoms with van der Waals surface area (Å²) in [7, 11) is 0. The molecule has 0 spiro atoms. The number of nitrogens with one attached hydrogen (secondary N) is 3. The van der Waals surface area contributed by atoms with Crippen LogP contribution in [0.4, 0.5) is 5.69 Å². The van der Waals surface area contributed by atoms with Gasteiger partial charge in [0.15, 0.2) is 0 Å². The minimum Gasteiger partial charge on any atom is -0.464 e. The fraction of sp³-hybridized carbons (Fsp3) is 0.375. The van der Waals surface area contributed by atoms with E-state index in [4.69, 9.17) is 4.42 Å². The van der Waals surface area contributed by atoms with Gasteiger partial charge in [0.25, 0.3) is 0 Å². The van der Waals surface area contributed by atoms with Gasteiger partial charge >= 0.3 is 0 Å². The smallest absolute Gasteiger partial charge is 0.234 e. The molecule has 1 unspecified atom stereocenters. The largest absolute Gasteiger partial charge is 0.464 e. The van der Waals surface area contributed by atoms with Crippen molar-refractivity contribution in [2.24, 2.45) is 0 Å². The molecule has 4 rings (SSSR count). The summed E-state index contributed by atoms with van der Waals surface area (Å²) >= 11 is 0. The molecule has 3 N–H and O–H groups in total. The van der Waals surface area contributed by atoms with Crippen LogP contribution in [0.1, 0.15) is 50.0 Å². The molecule has 1 aliphatic heterocycles. The van der Waals surface area contributed by atoms with E-state index in [9.17, 15) is 14.4 Å². The van der Waals surface area contributed by atoms with Crippen molar-refractivity contribution in [1.82, 2.24) is 10.6 Å². The Morgan fingerprint density at radius 1 is 1.06 bits per heavy atom. The quantitative estimate of drug-likeness (QED) is 0.262. The molecule has 2 aromatic carbocycles. The lowest BCUT2D eigenvalue weighted by atomic mass is 9.89. The van der Waals surface area contributed by atoms with E-state index in [0.717, 1.165) is 78.2 Å². The summed E-state index contributed by atoms with van der Waals surface area (Å²) < 4.78 is 5.74. The second kappa shape index (κ2) is 9.64. The van der Waals surface area contributed by atoms with Crippen molar-refractivity contribution in [1.29, 1.82) is 0 Å². The topological polar surface area (TPSA) is 100 Å². The third-order valence-electron chi connectivity index (χ3n) is 5.86. The Labute approximate surface area is 180 Å². The molecule has 3 aromatic rings. The van der Waals surface area contributed by atoms with Crippen molar-refractivity contribution >= 4 is 45.7 Å². The van der Waals surface area contributed by atoms with Crippen LogP contribution < -0.4 is 16.0 Å². The Kier molecular flexibility index (Phi) is 6.50. The van der Waals surface area contributed by atoms with Crippen LogP contribution in [-0.2, 0) is 14.4 Å². The number of fused-ring (bicyclic) bond motifs is 3. The van der Waals surface area contributed by atoms with E-state index in [1.165, 1.54) is 0 Å². The van der Waals surface area contributed by atoms with Crippen molar-refractivity contribution in [3.05, 3.63) is 42.2 Å². The first-order chi connectivity index (χ1) is 15.2. The monoisotopic (exact) mass is 421 g/mol. The van der Waals surface area contributed by atoms with Crippen LogP contribution in [0.2, 0.25) is 0 Å². The lowest BCUT2D eigenvalue weighted by Gasteiger charge is -2.20. The molecule has 0 saturated carbocycles. The molecular weight excluding hydrogens is 394 g/mol. The number of benzene rings is 2. The number of hydrogen-bond acceptors (Lipinski definition) is 5. The highest BCUT2D eigenvalue weighted by atomic mass is 16.3. The predicted octanol–water partition coefficient (Wildman–Crippen LogP) is 3.82. The molecule has 0 aliphatic carbocycles. The van der Waals surface area contributed by atoms with Gasteiger partial charge in [-0.05, 0) is 48.2 Å². The zero-order chi connectivity index (χ0) is 21.6. The van der Waals surface area contributed by atoms with Crippen LogP contribution >= 0.6 is 0 Å². The number of hydrogen-bond donors (Lipinski definition) is 3. The van der Waals surface area contributed by atoms with Crippen LogP contribution in [0.15, 0.2) is 41.0 Å². The van der Waals surface area contributed by atoms with E-state index >= 15 is 0 Å². The molecule has 7 heteroatoms. The Balaban J connectivity index is 1.45. The molecule has 1 atom stereocenters. The Hall–Kier alpha value is -3.35.